The van der Waals surface area contributed by atoms with Crippen LogP contribution in [0.3, 0.4) is 0 Å². The first-order valence-electron chi connectivity index (χ1n) is 6.33. The maximum Gasteiger partial charge on any atom is 0.228 e. The number of hydrogen-bond acceptors (Lipinski definition) is 3. The molecular formula is C14H18N2O2. The lowest BCUT2D eigenvalue weighted by atomic mass is 9.87. The summed E-state index contributed by atoms with van der Waals surface area (Å²) < 4.78 is 5.34. The Bertz CT molecular complexity index is 519. The average Bonchev–Trinajstić information content (AvgIpc) is 3.05. The molecule has 0 aromatic heterocycles. The smallest absolute Gasteiger partial charge is 0.228 e. The number of amides is 1. The third kappa shape index (κ3) is 1.52. The molecule has 0 bridgehead atoms. The van der Waals surface area contributed by atoms with Crippen molar-refractivity contribution in [1.29, 1.82) is 0 Å². The summed E-state index contributed by atoms with van der Waals surface area (Å²) in [5.74, 6) is 0.868. The lowest BCUT2D eigenvalue weighted by Gasteiger charge is -2.23. The monoisotopic (exact) mass is 246 g/mol. The Balaban J connectivity index is 2.15. The van der Waals surface area contributed by atoms with Crippen LogP contribution in [0.5, 0.6) is 5.75 Å². The Morgan fingerprint density at radius 3 is 2.72 bits per heavy atom. The van der Waals surface area contributed by atoms with E-state index in [4.69, 9.17) is 10.5 Å². The number of hydrogen-bond donors (Lipinski definition) is 2. The highest BCUT2D eigenvalue weighted by molar-refractivity contribution is 6.00. The summed E-state index contributed by atoms with van der Waals surface area (Å²) in [6.45, 7) is 2.04. The van der Waals surface area contributed by atoms with Crippen LogP contribution in [-0.2, 0) is 16.6 Å². The van der Waals surface area contributed by atoms with Crippen LogP contribution in [0, 0.1) is 0 Å². The van der Waals surface area contributed by atoms with Gasteiger partial charge < -0.3 is 15.8 Å². The van der Waals surface area contributed by atoms with Gasteiger partial charge in [-0.3, -0.25) is 4.79 Å². The van der Waals surface area contributed by atoms with Crippen LogP contribution in [0.4, 0.5) is 5.69 Å². The number of anilines is 1. The summed E-state index contributed by atoms with van der Waals surface area (Å²) >= 11 is 0. The number of ether oxygens (including phenoxy) is 1. The molecule has 3 N–H and O–H groups in total. The van der Waals surface area contributed by atoms with Gasteiger partial charge in [0.2, 0.25) is 5.91 Å². The molecule has 1 aromatic rings. The highest BCUT2D eigenvalue weighted by Gasteiger charge is 2.50. The van der Waals surface area contributed by atoms with Crippen LogP contribution in [0.15, 0.2) is 12.1 Å². The van der Waals surface area contributed by atoms with Gasteiger partial charge in [-0.15, -0.1) is 0 Å². The standard InChI is InChI=1S/C14H18N2O2/c1-8(15)14(3-4-14)11-7-10(18-2)5-9-6-12(17)16-13(9)11/h5,7-8H,3-4,6,15H2,1-2H3,(H,16,17). The Morgan fingerprint density at radius 1 is 1.44 bits per heavy atom. The van der Waals surface area contributed by atoms with E-state index in [9.17, 15) is 4.79 Å². The van der Waals surface area contributed by atoms with E-state index in [2.05, 4.69) is 5.32 Å². The number of nitrogens with two attached hydrogens (primary N) is 1. The summed E-state index contributed by atoms with van der Waals surface area (Å²) in [6, 6.07) is 4.06. The molecule has 1 aliphatic carbocycles. The number of fused-ring (bicyclic) bond motifs is 1. The molecule has 1 aromatic carbocycles. The van der Waals surface area contributed by atoms with Crippen LogP contribution in [0.1, 0.15) is 30.9 Å². The Labute approximate surface area is 107 Å². The van der Waals surface area contributed by atoms with Crippen LogP contribution >= 0.6 is 0 Å². The molecule has 18 heavy (non-hydrogen) atoms. The molecule has 4 heteroatoms. The van der Waals surface area contributed by atoms with E-state index < -0.39 is 0 Å². The first kappa shape index (κ1) is 11.5. The Hall–Kier alpha value is -1.55. The first-order valence-corrected chi connectivity index (χ1v) is 6.33. The number of rotatable bonds is 3. The topological polar surface area (TPSA) is 64.3 Å². The summed E-state index contributed by atoms with van der Waals surface area (Å²) in [5.41, 5.74) is 9.30. The molecule has 0 spiro atoms. The van der Waals surface area contributed by atoms with Crippen molar-refractivity contribution in [2.75, 3.05) is 12.4 Å². The minimum Gasteiger partial charge on any atom is -0.497 e. The molecule has 1 atom stereocenters. The minimum atomic E-state index is 0.0241. The number of methoxy groups -OCH3 is 1. The van der Waals surface area contributed by atoms with Gasteiger partial charge in [0.1, 0.15) is 5.75 Å². The van der Waals surface area contributed by atoms with Crippen molar-refractivity contribution in [3.63, 3.8) is 0 Å². The zero-order valence-corrected chi connectivity index (χ0v) is 10.7. The largest absolute Gasteiger partial charge is 0.497 e. The second-order valence-corrected chi connectivity index (χ2v) is 5.38. The van der Waals surface area contributed by atoms with Gasteiger partial charge in [0, 0.05) is 17.1 Å². The number of carbonyl (C=O) groups is 1. The van der Waals surface area contributed by atoms with E-state index in [0.717, 1.165) is 35.4 Å². The van der Waals surface area contributed by atoms with E-state index >= 15 is 0 Å². The van der Waals surface area contributed by atoms with Crippen molar-refractivity contribution in [3.05, 3.63) is 23.3 Å². The normalized spacial score (nSPS) is 21.2. The van der Waals surface area contributed by atoms with Crippen LogP contribution < -0.4 is 15.8 Å². The van der Waals surface area contributed by atoms with Gasteiger partial charge in [0.25, 0.3) is 0 Å². The number of benzene rings is 1. The third-order valence-electron chi connectivity index (χ3n) is 4.24. The van der Waals surface area contributed by atoms with Crippen molar-refractivity contribution in [1.82, 2.24) is 0 Å². The fraction of sp³-hybridized carbons (Fsp3) is 0.500. The third-order valence-corrected chi connectivity index (χ3v) is 4.24. The van der Waals surface area contributed by atoms with E-state index in [0.29, 0.717) is 6.42 Å². The van der Waals surface area contributed by atoms with Crippen molar-refractivity contribution in [2.45, 2.75) is 37.6 Å². The van der Waals surface area contributed by atoms with E-state index in [1.54, 1.807) is 7.11 Å². The highest BCUT2D eigenvalue weighted by Crippen LogP contribution is 2.54. The van der Waals surface area contributed by atoms with Gasteiger partial charge in [-0.05, 0) is 43.0 Å². The van der Waals surface area contributed by atoms with Gasteiger partial charge in [0.05, 0.1) is 13.5 Å². The fourth-order valence-corrected chi connectivity index (χ4v) is 2.93. The van der Waals surface area contributed by atoms with E-state index in [1.165, 1.54) is 0 Å². The summed E-state index contributed by atoms with van der Waals surface area (Å²) in [5, 5.41) is 2.97. The highest BCUT2D eigenvalue weighted by atomic mass is 16.5. The zero-order valence-electron chi connectivity index (χ0n) is 10.7. The van der Waals surface area contributed by atoms with Gasteiger partial charge in [-0.2, -0.15) is 0 Å². The van der Waals surface area contributed by atoms with Crippen molar-refractivity contribution in [3.8, 4) is 5.75 Å². The average molecular weight is 246 g/mol. The summed E-state index contributed by atoms with van der Waals surface area (Å²) in [6.07, 6.45) is 2.61. The molecule has 0 radical (unpaired) electrons. The first-order chi connectivity index (χ1) is 8.56. The molecule has 0 saturated heterocycles. The van der Waals surface area contributed by atoms with Gasteiger partial charge in [0.15, 0.2) is 0 Å². The molecule has 1 amide bonds. The molecule has 1 saturated carbocycles. The van der Waals surface area contributed by atoms with Crippen molar-refractivity contribution in [2.24, 2.45) is 5.73 Å². The predicted molar refractivity (Wildman–Crippen MR) is 69.9 cm³/mol. The maximum absolute atomic E-state index is 11.6. The molecule has 96 valence electrons. The fourth-order valence-electron chi connectivity index (χ4n) is 2.93. The van der Waals surface area contributed by atoms with E-state index in [1.807, 2.05) is 19.1 Å². The van der Waals surface area contributed by atoms with Gasteiger partial charge in [-0.1, -0.05) is 0 Å². The number of carbonyl (C=O) groups excluding carboxylic acids is 1. The van der Waals surface area contributed by atoms with Gasteiger partial charge >= 0.3 is 0 Å². The van der Waals surface area contributed by atoms with Gasteiger partial charge in [-0.25, -0.2) is 0 Å². The van der Waals surface area contributed by atoms with Crippen LogP contribution in [-0.4, -0.2) is 19.1 Å². The van der Waals surface area contributed by atoms with Crippen molar-refractivity contribution >= 4 is 11.6 Å². The minimum absolute atomic E-state index is 0.0241. The Morgan fingerprint density at radius 2 is 2.17 bits per heavy atom. The SMILES string of the molecule is COc1cc2c(c(C3(C(C)N)CC3)c1)NC(=O)C2. The van der Waals surface area contributed by atoms with E-state index in [-0.39, 0.29) is 17.4 Å². The molecular weight excluding hydrogens is 228 g/mol. The summed E-state index contributed by atoms with van der Waals surface area (Å²) in [4.78, 5) is 11.6. The molecule has 4 nitrogen and oxygen atoms in total. The molecule has 1 aliphatic heterocycles. The maximum atomic E-state index is 11.6. The second-order valence-electron chi connectivity index (χ2n) is 5.38. The predicted octanol–water partition coefficient (Wildman–Crippen LogP) is 1.57. The van der Waals surface area contributed by atoms with Crippen LogP contribution in [0.25, 0.3) is 0 Å². The Kier molecular flexibility index (Phi) is 2.38. The lowest BCUT2D eigenvalue weighted by Crippen LogP contribution is -2.32. The lowest BCUT2D eigenvalue weighted by molar-refractivity contribution is -0.115. The van der Waals surface area contributed by atoms with Crippen LogP contribution in [0.2, 0.25) is 0 Å². The second kappa shape index (κ2) is 3.72. The molecule has 2 aliphatic rings. The number of nitrogens with one attached hydrogen (secondary N) is 1. The van der Waals surface area contributed by atoms with Crippen molar-refractivity contribution < 1.29 is 9.53 Å². The summed E-state index contributed by atoms with van der Waals surface area (Å²) in [7, 11) is 1.65. The molecule has 1 heterocycles. The quantitative estimate of drug-likeness (QED) is 0.850. The molecule has 1 fully saturated rings. The molecule has 1 unspecified atom stereocenters. The zero-order chi connectivity index (χ0) is 12.9. The molecule has 3 rings (SSSR count).